The summed E-state index contributed by atoms with van der Waals surface area (Å²) in [4.78, 5) is 11.3. The predicted octanol–water partition coefficient (Wildman–Crippen LogP) is 1.21. The number of hydrogen-bond acceptors (Lipinski definition) is 5. The van der Waals surface area contributed by atoms with E-state index in [4.69, 9.17) is 15.2 Å². The van der Waals surface area contributed by atoms with Crippen LogP contribution in [0.2, 0.25) is 0 Å². The van der Waals surface area contributed by atoms with Crippen LogP contribution in [0.5, 0.6) is 0 Å². The number of hydrogen-bond donors (Lipinski definition) is 2. The maximum atomic E-state index is 11.3. The van der Waals surface area contributed by atoms with Crippen LogP contribution in [0.15, 0.2) is 24.4 Å². The van der Waals surface area contributed by atoms with Gasteiger partial charge in [0.1, 0.15) is 12.3 Å². The molecule has 7 heteroatoms. The first-order chi connectivity index (χ1) is 11.2. The van der Waals surface area contributed by atoms with Crippen molar-refractivity contribution in [2.75, 3.05) is 13.2 Å². The predicted molar refractivity (Wildman–Crippen MR) is 83.4 cm³/mol. The topological polar surface area (TPSA) is 91.4 Å². The third-order valence-electron chi connectivity index (χ3n) is 4.48. The lowest BCUT2D eigenvalue weighted by Gasteiger charge is -2.23. The summed E-state index contributed by atoms with van der Waals surface area (Å²) in [5.74, 6) is -0.394. The van der Waals surface area contributed by atoms with Crippen molar-refractivity contribution >= 4 is 16.8 Å². The van der Waals surface area contributed by atoms with Crippen molar-refractivity contribution in [2.45, 2.75) is 37.8 Å². The standard InChI is InChI=1S/C16H20N4O3/c17-15(21)12-9-23-16(19-12)10-4-5-11-8-18-20(13(11)7-10)14-3-1-2-6-22-14/h4-5,7-8,12,14,16,19H,1-3,6,9H2,(H2,17,21). The Morgan fingerprint density at radius 2 is 2.26 bits per heavy atom. The first kappa shape index (κ1) is 14.6. The van der Waals surface area contributed by atoms with Gasteiger partial charge >= 0.3 is 0 Å². The fraction of sp³-hybridized carbons (Fsp3) is 0.500. The highest BCUT2D eigenvalue weighted by Gasteiger charge is 2.29. The minimum atomic E-state index is -0.442. The van der Waals surface area contributed by atoms with E-state index in [0.717, 1.165) is 42.3 Å². The third-order valence-corrected chi connectivity index (χ3v) is 4.48. The summed E-state index contributed by atoms with van der Waals surface area (Å²) < 4.78 is 13.4. The third kappa shape index (κ3) is 2.71. The molecule has 7 nitrogen and oxygen atoms in total. The molecule has 2 fully saturated rings. The Balaban J connectivity index is 1.63. The van der Waals surface area contributed by atoms with Crippen LogP contribution >= 0.6 is 0 Å². The van der Waals surface area contributed by atoms with Crippen LogP contribution in [-0.4, -0.2) is 34.9 Å². The molecule has 2 aliphatic heterocycles. The van der Waals surface area contributed by atoms with Crippen molar-refractivity contribution in [3.05, 3.63) is 30.0 Å². The summed E-state index contributed by atoms with van der Waals surface area (Å²) in [7, 11) is 0. The number of ether oxygens (including phenoxy) is 2. The van der Waals surface area contributed by atoms with E-state index < -0.39 is 11.9 Å². The van der Waals surface area contributed by atoms with Crippen LogP contribution in [0.1, 0.15) is 37.3 Å². The van der Waals surface area contributed by atoms with E-state index in [2.05, 4.69) is 10.4 Å². The lowest BCUT2D eigenvalue weighted by atomic mass is 10.1. The van der Waals surface area contributed by atoms with Gasteiger partial charge in [0.15, 0.2) is 6.23 Å². The number of carbonyl (C=O) groups is 1. The molecule has 3 unspecified atom stereocenters. The summed E-state index contributed by atoms with van der Waals surface area (Å²) in [6.45, 7) is 1.07. The fourth-order valence-electron chi connectivity index (χ4n) is 3.19. The van der Waals surface area contributed by atoms with Crippen LogP contribution in [0.3, 0.4) is 0 Å². The summed E-state index contributed by atoms with van der Waals surface area (Å²) in [5, 5.41) is 8.65. The Morgan fingerprint density at radius 3 is 3.00 bits per heavy atom. The molecule has 0 saturated carbocycles. The Labute approximate surface area is 133 Å². The van der Waals surface area contributed by atoms with Crippen LogP contribution in [0.25, 0.3) is 10.9 Å². The monoisotopic (exact) mass is 316 g/mol. The number of carbonyl (C=O) groups excluding carboxylic acids is 1. The highest BCUT2D eigenvalue weighted by atomic mass is 16.5. The van der Waals surface area contributed by atoms with E-state index in [0.29, 0.717) is 6.61 Å². The van der Waals surface area contributed by atoms with E-state index in [1.165, 1.54) is 0 Å². The van der Waals surface area contributed by atoms with Gasteiger partial charge in [0.25, 0.3) is 0 Å². The van der Waals surface area contributed by atoms with Crippen molar-refractivity contribution in [1.29, 1.82) is 0 Å². The Hall–Kier alpha value is -1.96. The van der Waals surface area contributed by atoms with Gasteiger partial charge in [-0.1, -0.05) is 12.1 Å². The smallest absolute Gasteiger partial charge is 0.237 e. The van der Waals surface area contributed by atoms with Crippen molar-refractivity contribution in [3.63, 3.8) is 0 Å². The van der Waals surface area contributed by atoms with Gasteiger partial charge in [0.05, 0.1) is 18.3 Å². The van der Waals surface area contributed by atoms with Crippen LogP contribution in [0.4, 0.5) is 0 Å². The average Bonchev–Trinajstić information content (AvgIpc) is 3.22. The van der Waals surface area contributed by atoms with Crippen molar-refractivity contribution in [1.82, 2.24) is 15.1 Å². The zero-order chi connectivity index (χ0) is 15.8. The molecule has 122 valence electrons. The molecule has 2 aromatic rings. The number of rotatable bonds is 3. The van der Waals surface area contributed by atoms with E-state index in [9.17, 15) is 4.79 Å². The van der Waals surface area contributed by atoms with Crippen LogP contribution < -0.4 is 11.1 Å². The second kappa shape index (κ2) is 5.92. The number of nitrogens with one attached hydrogen (secondary N) is 1. The van der Waals surface area contributed by atoms with E-state index in [1.807, 2.05) is 29.1 Å². The number of fused-ring (bicyclic) bond motifs is 1. The van der Waals surface area contributed by atoms with Crippen LogP contribution in [-0.2, 0) is 14.3 Å². The lowest BCUT2D eigenvalue weighted by Crippen LogP contribution is -2.38. The normalized spacial score (nSPS) is 28.3. The minimum absolute atomic E-state index is 0.00711. The van der Waals surface area contributed by atoms with E-state index in [1.54, 1.807) is 0 Å². The molecule has 2 aliphatic rings. The molecule has 3 heterocycles. The fourth-order valence-corrected chi connectivity index (χ4v) is 3.19. The zero-order valence-corrected chi connectivity index (χ0v) is 12.8. The zero-order valence-electron chi connectivity index (χ0n) is 12.8. The number of aromatic nitrogens is 2. The second-order valence-electron chi connectivity index (χ2n) is 6.06. The number of amides is 1. The first-order valence-corrected chi connectivity index (χ1v) is 7.98. The molecule has 1 aromatic heterocycles. The van der Waals surface area contributed by atoms with Crippen molar-refractivity contribution < 1.29 is 14.3 Å². The maximum absolute atomic E-state index is 11.3. The average molecular weight is 316 g/mol. The van der Waals surface area contributed by atoms with Gasteiger partial charge in [-0.15, -0.1) is 0 Å². The highest BCUT2D eigenvalue weighted by Crippen LogP contribution is 2.29. The molecule has 4 rings (SSSR count). The first-order valence-electron chi connectivity index (χ1n) is 7.98. The van der Waals surface area contributed by atoms with Gasteiger partial charge in [-0.2, -0.15) is 5.10 Å². The Morgan fingerprint density at radius 1 is 1.35 bits per heavy atom. The second-order valence-corrected chi connectivity index (χ2v) is 6.06. The van der Waals surface area contributed by atoms with Crippen LogP contribution in [0, 0.1) is 0 Å². The van der Waals surface area contributed by atoms with Gasteiger partial charge in [-0.05, 0) is 30.9 Å². The Kier molecular flexibility index (Phi) is 3.76. The molecule has 3 N–H and O–H groups in total. The summed E-state index contributed by atoms with van der Waals surface area (Å²) >= 11 is 0. The van der Waals surface area contributed by atoms with E-state index >= 15 is 0 Å². The molecule has 2 saturated heterocycles. The lowest BCUT2D eigenvalue weighted by molar-refractivity contribution is -0.119. The molecular weight excluding hydrogens is 296 g/mol. The summed E-state index contributed by atoms with van der Waals surface area (Å²) in [6, 6.07) is 5.60. The maximum Gasteiger partial charge on any atom is 0.237 e. The highest BCUT2D eigenvalue weighted by molar-refractivity contribution is 5.81. The molecule has 3 atom stereocenters. The quantitative estimate of drug-likeness (QED) is 0.888. The number of nitrogens with two attached hydrogens (primary N) is 1. The van der Waals surface area contributed by atoms with Gasteiger partial charge in [0.2, 0.25) is 5.91 Å². The molecule has 0 aliphatic carbocycles. The molecule has 0 radical (unpaired) electrons. The minimum Gasteiger partial charge on any atom is -0.368 e. The molecule has 23 heavy (non-hydrogen) atoms. The summed E-state index contributed by atoms with van der Waals surface area (Å²) in [6.07, 6.45) is 4.75. The number of nitrogens with zero attached hydrogens (tertiary/aromatic N) is 2. The molecule has 1 aromatic carbocycles. The van der Waals surface area contributed by atoms with Gasteiger partial charge in [0, 0.05) is 12.0 Å². The molecule has 1 amide bonds. The van der Waals surface area contributed by atoms with E-state index in [-0.39, 0.29) is 12.5 Å². The largest absolute Gasteiger partial charge is 0.368 e. The molecule has 0 spiro atoms. The van der Waals surface area contributed by atoms with Gasteiger partial charge < -0.3 is 15.2 Å². The van der Waals surface area contributed by atoms with Gasteiger partial charge in [-0.25, -0.2) is 4.68 Å². The molecule has 0 bridgehead atoms. The van der Waals surface area contributed by atoms with Gasteiger partial charge in [-0.3, -0.25) is 10.1 Å². The Bertz CT molecular complexity index is 723. The van der Waals surface area contributed by atoms with Crippen molar-refractivity contribution in [3.8, 4) is 0 Å². The number of benzene rings is 1. The van der Waals surface area contributed by atoms with Crippen molar-refractivity contribution in [2.24, 2.45) is 5.73 Å². The molecular formula is C16H20N4O3. The summed E-state index contributed by atoms with van der Waals surface area (Å²) in [5.41, 5.74) is 7.29. The SMILES string of the molecule is NC(=O)C1COC(c2ccc3cnn(C4CCCCO4)c3c2)N1. The number of primary amides is 1.